The molecule has 1 N–H and O–H groups in total. The minimum absolute atomic E-state index is 0.0551. The van der Waals surface area contributed by atoms with Crippen LogP contribution in [0.1, 0.15) is 37.9 Å². The molecule has 1 aromatic rings. The van der Waals surface area contributed by atoms with E-state index in [2.05, 4.69) is 17.1 Å². The molecule has 1 aromatic carbocycles. The van der Waals surface area contributed by atoms with E-state index in [0.29, 0.717) is 6.54 Å². The van der Waals surface area contributed by atoms with Gasteiger partial charge in [0.05, 0.1) is 13.7 Å². The van der Waals surface area contributed by atoms with Gasteiger partial charge < -0.3 is 10.1 Å². The fourth-order valence-electron chi connectivity index (χ4n) is 2.50. The number of hydrogen-bond acceptors (Lipinski definition) is 3. The highest BCUT2D eigenvalue weighted by Crippen LogP contribution is 2.29. The summed E-state index contributed by atoms with van der Waals surface area (Å²) < 4.78 is 5.39. The third-order valence-corrected chi connectivity index (χ3v) is 3.49. The minimum Gasteiger partial charge on any atom is -0.496 e. The van der Waals surface area contributed by atoms with E-state index in [1.165, 1.54) is 12.8 Å². The monoisotopic (exact) mass is 262 g/mol. The second-order valence-electron chi connectivity index (χ2n) is 4.89. The molecule has 0 bridgehead atoms. The van der Waals surface area contributed by atoms with Gasteiger partial charge in [-0.15, -0.1) is 0 Å². The van der Waals surface area contributed by atoms with Crippen LogP contribution in [-0.2, 0) is 4.79 Å². The second-order valence-corrected chi connectivity index (χ2v) is 4.89. The van der Waals surface area contributed by atoms with Crippen molar-refractivity contribution in [1.82, 2.24) is 10.2 Å². The zero-order valence-electron chi connectivity index (χ0n) is 11.7. The third kappa shape index (κ3) is 3.26. The first-order valence-electron chi connectivity index (χ1n) is 6.92. The maximum absolute atomic E-state index is 11.7. The quantitative estimate of drug-likeness (QED) is 0.800. The number of ether oxygens (including phenoxy) is 1. The number of rotatable bonds is 6. The summed E-state index contributed by atoms with van der Waals surface area (Å²) in [5, 5.41) is 3.03. The molecule has 1 unspecified atom stereocenters. The number of carbonyl (C=O) groups excluding carboxylic acids is 1. The number of unbranched alkanes of at least 4 members (excludes halogenated alkanes) is 2. The van der Waals surface area contributed by atoms with E-state index in [0.717, 1.165) is 24.3 Å². The SMILES string of the molecule is CCCCCN1CC(=O)NC1c1ccccc1OC. The summed E-state index contributed by atoms with van der Waals surface area (Å²) in [6, 6.07) is 7.87. The normalized spacial score (nSPS) is 19.5. The third-order valence-electron chi connectivity index (χ3n) is 3.49. The van der Waals surface area contributed by atoms with Crippen molar-refractivity contribution >= 4 is 5.91 Å². The Kier molecular flexibility index (Phi) is 4.80. The lowest BCUT2D eigenvalue weighted by Crippen LogP contribution is -2.29. The molecule has 0 radical (unpaired) electrons. The molecule has 4 nitrogen and oxygen atoms in total. The molecule has 104 valence electrons. The van der Waals surface area contributed by atoms with Crippen LogP contribution in [0.3, 0.4) is 0 Å². The molecule has 1 aliphatic rings. The van der Waals surface area contributed by atoms with Crippen molar-refractivity contribution in [3.05, 3.63) is 29.8 Å². The Morgan fingerprint density at radius 2 is 2.16 bits per heavy atom. The Morgan fingerprint density at radius 3 is 2.89 bits per heavy atom. The van der Waals surface area contributed by atoms with Crippen LogP contribution in [0, 0.1) is 0 Å². The molecular weight excluding hydrogens is 240 g/mol. The van der Waals surface area contributed by atoms with Crippen molar-refractivity contribution < 1.29 is 9.53 Å². The van der Waals surface area contributed by atoms with Gasteiger partial charge in [-0.1, -0.05) is 38.0 Å². The van der Waals surface area contributed by atoms with Crippen LogP contribution >= 0.6 is 0 Å². The van der Waals surface area contributed by atoms with Crippen molar-refractivity contribution in [2.45, 2.75) is 32.4 Å². The maximum atomic E-state index is 11.7. The number of para-hydroxylation sites is 1. The van der Waals surface area contributed by atoms with Gasteiger partial charge in [0.1, 0.15) is 11.9 Å². The smallest absolute Gasteiger partial charge is 0.235 e. The van der Waals surface area contributed by atoms with Gasteiger partial charge in [0.15, 0.2) is 0 Å². The van der Waals surface area contributed by atoms with E-state index < -0.39 is 0 Å². The molecule has 0 saturated carbocycles. The Morgan fingerprint density at radius 1 is 1.37 bits per heavy atom. The van der Waals surface area contributed by atoms with Crippen LogP contribution in [-0.4, -0.2) is 31.0 Å². The van der Waals surface area contributed by atoms with Crippen LogP contribution in [0.15, 0.2) is 24.3 Å². The molecular formula is C15H22N2O2. The molecule has 2 rings (SSSR count). The second kappa shape index (κ2) is 6.57. The average molecular weight is 262 g/mol. The molecule has 0 spiro atoms. The van der Waals surface area contributed by atoms with E-state index in [1.807, 2.05) is 24.3 Å². The predicted octanol–water partition coefficient (Wildman–Crippen LogP) is 2.32. The summed E-state index contributed by atoms with van der Waals surface area (Å²) in [5.74, 6) is 0.919. The summed E-state index contributed by atoms with van der Waals surface area (Å²) in [6.07, 6.45) is 3.45. The first-order valence-corrected chi connectivity index (χ1v) is 6.92. The largest absolute Gasteiger partial charge is 0.496 e. The number of benzene rings is 1. The molecule has 1 heterocycles. The van der Waals surface area contributed by atoms with Crippen LogP contribution in [0.2, 0.25) is 0 Å². The van der Waals surface area contributed by atoms with Crippen molar-refractivity contribution in [1.29, 1.82) is 0 Å². The number of hydrogen-bond donors (Lipinski definition) is 1. The van der Waals surface area contributed by atoms with Gasteiger partial charge in [0.2, 0.25) is 5.91 Å². The zero-order chi connectivity index (χ0) is 13.7. The summed E-state index contributed by atoms with van der Waals surface area (Å²) in [5.41, 5.74) is 1.03. The first-order chi connectivity index (χ1) is 9.26. The molecule has 19 heavy (non-hydrogen) atoms. The number of nitrogens with zero attached hydrogens (tertiary/aromatic N) is 1. The Labute approximate surface area is 114 Å². The Balaban J connectivity index is 2.13. The fourth-order valence-corrected chi connectivity index (χ4v) is 2.50. The highest BCUT2D eigenvalue weighted by molar-refractivity contribution is 5.80. The Bertz CT molecular complexity index is 434. The fraction of sp³-hybridized carbons (Fsp3) is 0.533. The van der Waals surface area contributed by atoms with E-state index >= 15 is 0 Å². The lowest BCUT2D eigenvalue weighted by molar-refractivity contribution is -0.118. The van der Waals surface area contributed by atoms with Crippen molar-refractivity contribution in [3.8, 4) is 5.75 Å². The number of carbonyl (C=O) groups is 1. The van der Waals surface area contributed by atoms with Gasteiger partial charge in [0.25, 0.3) is 0 Å². The van der Waals surface area contributed by atoms with Gasteiger partial charge in [-0.3, -0.25) is 9.69 Å². The summed E-state index contributed by atoms with van der Waals surface area (Å²) in [4.78, 5) is 13.9. The van der Waals surface area contributed by atoms with Gasteiger partial charge in [-0.25, -0.2) is 0 Å². The molecule has 0 aromatic heterocycles. The molecule has 1 saturated heterocycles. The Hall–Kier alpha value is -1.55. The van der Waals surface area contributed by atoms with Crippen LogP contribution in [0.4, 0.5) is 0 Å². The van der Waals surface area contributed by atoms with Crippen molar-refractivity contribution in [3.63, 3.8) is 0 Å². The molecule has 1 aliphatic heterocycles. The lowest BCUT2D eigenvalue weighted by Gasteiger charge is -2.24. The van der Waals surface area contributed by atoms with Crippen molar-refractivity contribution in [2.24, 2.45) is 0 Å². The molecule has 4 heteroatoms. The molecule has 1 amide bonds. The van der Waals surface area contributed by atoms with Gasteiger partial charge >= 0.3 is 0 Å². The van der Waals surface area contributed by atoms with E-state index in [9.17, 15) is 4.79 Å². The maximum Gasteiger partial charge on any atom is 0.235 e. The molecule has 0 aliphatic carbocycles. The van der Waals surface area contributed by atoms with Crippen molar-refractivity contribution in [2.75, 3.05) is 20.2 Å². The number of amides is 1. The van der Waals surface area contributed by atoms with Crippen LogP contribution in [0.25, 0.3) is 0 Å². The summed E-state index contributed by atoms with van der Waals surface area (Å²) in [6.45, 7) is 3.60. The van der Waals surface area contributed by atoms with Crippen LogP contribution < -0.4 is 10.1 Å². The minimum atomic E-state index is -0.0551. The topological polar surface area (TPSA) is 41.6 Å². The molecule has 1 fully saturated rings. The molecule has 1 atom stereocenters. The summed E-state index contributed by atoms with van der Waals surface area (Å²) >= 11 is 0. The predicted molar refractivity (Wildman–Crippen MR) is 75.0 cm³/mol. The number of methoxy groups -OCH3 is 1. The van der Waals surface area contributed by atoms with Gasteiger partial charge in [-0.05, 0) is 12.5 Å². The van der Waals surface area contributed by atoms with Gasteiger partial charge in [0, 0.05) is 12.1 Å². The zero-order valence-corrected chi connectivity index (χ0v) is 11.7. The first kappa shape index (κ1) is 13.9. The average Bonchev–Trinajstić information content (AvgIpc) is 2.80. The van der Waals surface area contributed by atoms with E-state index in [1.54, 1.807) is 7.11 Å². The summed E-state index contributed by atoms with van der Waals surface area (Å²) in [7, 11) is 1.66. The van der Waals surface area contributed by atoms with E-state index in [-0.39, 0.29) is 12.1 Å². The van der Waals surface area contributed by atoms with E-state index in [4.69, 9.17) is 4.74 Å². The standard InChI is InChI=1S/C15H22N2O2/c1-3-4-7-10-17-11-14(18)16-15(17)12-8-5-6-9-13(12)19-2/h5-6,8-9,15H,3-4,7,10-11H2,1-2H3,(H,16,18). The highest BCUT2D eigenvalue weighted by atomic mass is 16.5. The highest BCUT2D eigenvalue weighted by Gasteiger charge is 2.31. The van der Waals surface area contributed by atoms with Gasteiger partial charge in [-0.2, -0.15) is 0 Å². The lowest BCUT2D eigenvalue weighted by atomic mass is 10.1. The van der Waals surface area contributed by atoms with Crippen LogP contribution in [0.5, 0.6) is 5.75 Å². The number of nitrogens with one attached hydrogen (secondary N) is 1.